The number of rotatable bonds is 3. The van der Waals surface area contributed by atoms with Crippen LogP contribution in [0.1, 0.15) is 13.8 Å². The third-order valence-electron chi connectivity index (χ3n) is 2.73. The van der Waals surface area contributed by atoms with Crippen molar-refractivity contribution in [3.05, 3.63) is 0 Å². The minimum absolute atomic E-state index is 0.266. The largest absolute Gasteiger partial charge is 0.314 e. The minimum atomic E-state index is -2.83. The Labute approximate surface area is 86.6 Å². The quantitative estimate of drug-likeness (QED) is 0.710. The second-order valence-electron chi connectivity index (χ2n) is 4.22. The highest BCUT2D eigenvalue weighted by atomic mass is 32.2. The van der Waals surface area contributed by atoms with Gasteiger partial charge in [0.25, 0.3) is 0 Å². The van der Waals surface area contributed by atoms with Crippen LogP contribution >= 0.6 is 0 Å². The molecule has 1 rings (SSSR count). The van der Waals surface area contributed by atoms with Gasteiger partial charge in [-0.3, -0.25) is 4.90 Å². The van der Waals surface area contributed by atoms with Gasteiger partial charge in [-0.2, -0.15) is 0 Å². The molecular formula is C9H20N2O2S. The van der Waals surface area contributed by atoms with Crippen LogP contribution in [0.25, 0.3) is 0 Å². The topological polar surface area (TPSA) is 49.4 Å². The van der Waals surface area contributed by atoms with Gasteiger partial charge >= 0.3 is 0 Å². The second kappa shape index (κ2) is 4.59. The van der Waals surface area contributed by atoms with E-state index in [-0.39, 0.29) is 5.75 Å². The van der Waals surface area contributed by atoms with Gasteiger partial charge in [0.2, 0.25) is 0 Å². The molecular weight excluding hydrogens is 200 g/mol. The zero-order chi connectivity index (χ0) is 10.8. The summed E-state index contributed by atoms with van der Waals surface area (Å²) in [6, 6.07) is 0.862. The molecule has 0 aromatic carbocycles. The smallest absolute Gasteiger partial charge is 0.148 e. The Hall–Kier alpha value is -0.130. The fourth-order valence-electron chi connectivity index (χ4n) is 1.88. The minimum Gasteiger partial charge on any atom is -0.314 e. The van der Waals surface area contributed by atoms with Gasteiger partial charge in [0.05, 0.1) is 5.75 Å². The Morgan fingerprint density at radius 3 is 2.21 bits per heavy atom. The van der Waals surface area contributed by atoms with Crippen molar-refractivity contribution in [3.63, 3.8) is 0 Å². The van der Waals surface area contributed by atoms with E-state index in [1.807, 2.05) is 0 Å². The first kappa shape index (κ1) is 11.9. The summed E-state index contributed by atoms with van der Waals surface area (Å²) in [6.45, 7) is 6.82. The van der Waals surface area contributed by atoms with E-state index in [4.69, 9.17) is 0 Å². The normalized spacial score (nSPS) is 30.5. The number of nitrogens with one attached hydrogen (secondary N) is 1. The van der Waals surface area contributed by atoms with Crippen molar-refractivity contribution in [2.24, 2.45) is 0 Å². The number of hydrogen-bond acceptors (Lipinski definition) is 4. The Bertz CT molecular complexity index is 267. The molecule has 1 fully saturated rings. The van der Waals surface area contributed by atoms with Crippen molar-refractivity contribution in [3.8, 4) is 0 Å². The molecule has 2 atom stereocenters. The molecule has 0 spiro atoms. The second-order valence-corrected chi connectivity index (χ2v) is 6.48. The Morgan fingerprint density at radius 2 is 1.79 bits per heavy atom. The van der Waals surface area contributed by atoms with Crippen LogP contribution in [-0.4, -0.2) is 57.0 Å². The predicted octanol–water partition coefficient (Wildman–Crippen LogP) is -0.287. The van der Waals surface area contributed by atoms with E-state index in [1.165, 1.54) is 6.26 Å². The molecule has 5 heteroatoms. The van der Waals surface area contributed by atoms with E-state index in [0.29, 0.717) is 18.6 Å². The Kier molecular flexibility index (Phi) is 3.92. The van der Waals surface area contributed by atoms with Crippen LogP contribution in [0.5, 0.6) is 0 Å². The zero-order valence-corrected chi connectivity index (χ0v) is 9.97. The highest BCUT2D eigenvalue weighted by Crippen LogP contribution is 2.09. The molecule has 0 aromatic heterocycles. The molecule has 0 aromatic rings. The van der Waals surface area contributed by atoms with E-state index in [2.05, 4.69) is 24.1 Å². The van der Waals surface area contributed by atoms with Gasteiger partial charge in [-0.05, 0) is 13.8 Å². The molecule has 4 nitrogen and oxygen atoms in total. The van der Waals surface area contributed by atoms with Crippen molar-refractivity contribution < 1.29 is 8.42 Å². The lowest BCUT2D eigenvalue weighted by atomic mass is 10.1. The number of nitrogens with zero attached hydrogens (tertiary/aromatic N) is 1. The van der Waals surface area contributed by atoms with E-state index < -0.39 is 9.84 Å². The first-order valence-corrected chi connectivity index (χ1v) is 7.10. The van der Waals surface area contributed by atoms with E-state index in [9.17, 15) is 8.42 Å². The van der Waals surface area contributed by atoms with Crippen molar-refractivity contribution in [2.75, 3.05) is 31.6 Å². The number of sulfone groups is 1. The van der Waals surface area contributed by atoms with Crippen LogP contribution in [0, 0.1) is 0 Å². The highest BCUT2D eigenvalue weighted by molar-refractivity contribution is 7.90. The van der Waals surface area contributed by atoms with Crippen LogP contribution in [-0.2, 0) is 9.84 Å². The van der Waals surface area contributed by atoms with Crippen molar-refractivity contribution in [2.45, 2.75) is 25.9 Å². The van der Waals surface area contributed by atoms with Gasteiger partial charge in [-0.1, -0.05) is 0 Å². The molecule has 0 radical (unpaired) electrons. The molecule has 1 saturated heterocycles. The average Bonchev–Trinajstić information content (AvgIpc) is 2.01. The van der Waals surface area contributed by atoms with Crippen LogP contribution in [0.4, 0.5) is 0 Å². The van der Waals surface area contributed by atoms with Crippen LogP contribution in [0.15, 0.2) is 0 Å². The maximum absolute atomic E-state index is 11.0. The fourth-order valence-corrected chi connectivity index (χ4v) is 2.42. The fraction of sp³-hybridized carbons (Fsp3) is 1.00. The summed E-state index contributed by atoms with van der Waals surface area (Å²) in [6.07, 6.45) is 1.30. The van der Waals surface area contributed by atoms with Crippen LogP contribution in [0.3, 0.4) is 0 Å². The lowest BCUT2D eigenvalue weighted by Crippen LogP contribution is -2.55. The third-order valence-corrected chi connectivity index (χ3v) is 3.66. The van der Waals surface area contributed by atoms with Gasteiger partial charge in [-0.25, -0.2) is 8.42 Å². The predicted molar refractivity (Wildman–Crippen MR) is 58.2 cm³/mol. The molecule has 1 heterocycles. The van der Waals surface area contributed by atoms with Crippen molar-refractivity contribution in [1.29, 1.82) is 0 Å². The van der Waals surface area contributed by atoms with E-state index in [1.54, 1.807) is 0 Å². The number of piperazine rings is 1. The van der Waals surface area contributed by atoms with E-state index in [0.717, 1.165) is 13.1 Å². The van der Waals surface area contributed by atoms with Gasteiger partial charge in [-0.15, -0.1) is 0 Å². The van der Waals surface area contributed by atoms with Gasteiger partial charge in [0.1, 0.15) is 9.84 Å². The molecule has 0 amide bonds. The summed E-state index contributed by atoms with van der Waals surface area (Å²) in [5, 5.41) is 3.32. The molecule has 0 unspecified atom stereocenters. The Balaban J connectivity index is 2.48. The lowest BCUT2D eigenvalue weighted by molar-refractivity contribution is 0.125. The number of hydrogen-bond donors (Lipinski definition) is 1. The monoisotopic (exact) mass is 220 g/mol. The summed E-state index contributed by atoms with van der Waals surface area (Å²) in [7, 11) is -2.83. The first-order valence-electron chi connectivity index (χ1n) is 5.04. The summed E-state index contributed by atoms with van der Waals surface area (Å²) in [5.41, 5.74) is 0. The molecule has 0 bridgehead atoms. The molecule has 1 aliphatic rings. The van der Waals surface area contributed by atoms with Crippen molar-refractivity contribution >= 4 is 9.84 Å². The standard InChI is InChI=1S/C9H20N2O2S/c1-8-6-10-7-9(2)11(8)4-5-14(3,12)13/h8-10H,4-7H2,1-3H3/t8-,9+. The molecule has 0 aliphatic carbocycles. The van der Waals surface area contributed by atoms with Gasteiger partial charge < -0.3 is 5.32 Å². The zero-order valence-electron chi connectivity index (χ0n) is 9.16. The summed E-state index contributed by atoms with van der Waals surface area (Å²) in [5.74, 6) is 0.266. The summed E-state index contributed by atoms with van der Waals surface area (Å²) >= 11 is 0. The molecule has 1 N–H and O–H groups in total. The highest BCUT2D eigenvalue weighted by Gasteiger charge is 2.24. The Morgan fingerprint density at radius 1 is 1.29 bits per heavy atom. The molecule has 0 saturated carbocycles. The molecule has 14 heavy (non-hydrogen) atoms. The van der Waals surface area contributed by atoms with Gasteiger partial charge in [0.15, 0.2) is 0 Å². The molecule has 1 aliphatic heterocycles. The van der Waals surface area contributed by atoms with Crippen LogP contribution < -0.4 is 5.32 Å². The van der Waals surface area contributed by atoms with E-state index >= 15 is 0 Å². The van der Waals surface area contributed by atoms with Crippen molar-refractivity contribution in [1.82, 2.24) is 10.2 Å². The summed E-state index contributed by atoms with van der Waals surface area (Å²) in [4.78, 5) is 2.26. The SMILES string of the molecule is C[C@@H]1CNC[C@H](C)N1CCS(C)(=O)=O. The van der Waals surface area contributed by atoms with Gasteiger partial charge in [0, 0.05) is 38.0 Å². The maximum Gasteiger partial charge on any atom is 0.148 e. The lowest BCUT2D eigenvalue weighted by Gasteiger charge is -2.39. The average molecular weight is 220 g/mol. The van der Waals surface area contributed by atoms with Crippen LogP contribution in [0.2, 0.25) is 0 Å². The molecule has 84 valence electrons. The maximum atomic E-state index is 11.0. The first-order chi connectivity index (χ1) is 6.40. The summed E-state index contributed by atoms with van der Waals surface area (Å²) < 4.78 is 22.1. The third kappa shape index (κ3) is 3.55.